The van der Waals surface area contributed by atoms with Crippen molar-refractivity contribution in [3.8, 4) is 16.9 Å². The van der Waals surface area contributed by atoms with Crippen molar-refractivity contribution in [1.29, 1.82) is 0 Å². The summed E-state index contributed by atoms with van der Waals surface area (Å²) in [7, 11) is 0. The van der Waals surface area contributed by atoms with Gasteiger partial charge in [0, 0.05) is 17.2 Å². The summed E-state index contributed by atoms with van der Waals surface area (Å²) < 4.78 is 110. The van der Waals surface area contributed by atoms with E-state index in [2.05, 4.69) is 0 Å². The van der Waals surface area contributed by atoms with Crippen LogP contribution >= 0.6 is 0 Å². The Balaban J connectivity index is 1.91. The molecule has 0 aromatic heterocycles. The number of hydrogen-bond donors (Lipinski definition) is 1. The third-order valence-corrected chi connectivity index (χ3v) is 5.71. The van der Waals surface area contributed by atoms with E-state index in [1.807, 2.05) is 6.92 Å². The topological polar surface area (TPSA) is 20.2 Å². The van der Waals surface area contributed by atoms with Gasteiger partial charge in [-0.3, -0.25) is 0 Å². The number of hydrogen-bond acceptors (Lipinski definition) is 1. The number of benzene rings is 3. The van der Waals surface area contributed by atoms with Crippen molar-refractivity contribution in [2.24, 2.45) is 0 Å². The largest absolute Gasteiger partial charge is 0.507 e. The van der Waals surface area contributed by atoms with Crippen LogP contribution in [0.15, 0.2) is 36.4 Å². The second-order valence-electron chi connectivity index (χ2n) is 8.25. The minimum absolute atomic E-state index is 0.260. The molecular weight excluding hydrogens is 480 g/mol. The van der Waals surface area contributed by atoms with Crippen molar-refractivity contribution >= 4 is 0 Å². The van der Waals surface area contributed by atoms with Gasteiger partial charge < -0.3 is 5.11 Å². The lowest BCUT2D eigenvalue weighted by molar-refractivity contribution is -0.142. The molecule has 0 amide bonds. The van der Waals surface area contributed by atoms with Crippen LogP contribution in [0.5, 0.6) is 5.75 Å². The van der Waals surface area contributed by atoms with E-state index in [0.717, 1.165) is 19.3 Å². The minimum Gasteiger partial charge on any atom is -0.507 e. The number of halogens is 8. The Hall–Kier alpha value is -3.10. The summed E-state index contributed by atoms with van der Waals surface area (Å²) in [6.07, 6.45) is -2.80. The molecule has 0 aliphatic carbocycles. The highest BCUT2D eigenvalue weighted by molar-refractivity contribution is 5.72. The maximum atomic E-state index is 15.2. The summed E-state index contributed by atoms with van der Waals surface area (Å²) in [5, 5.41) is 10.1. The zero-order chi connectivity index (χ0) is 25.9. The SMILES string of the molecule is CCCCCc1ccc(-c2c(O)cc(F)c(CCc3cc(F)c(C(F)(F)F)c(F)c3)c2F)c(F)c1. The summed E-state index contributed by atoms with van der Waals surface area (Å²) in [5.74, 6) is -7.81. The molecule has 0 atom stereocenters. The van der Waals surface area contributed by atoms with Crippen molar-refractivity contribution in [1.82, 2.24) is 0 Å². The van der Waals surface area contributed by atoms with E-state index in [9.17, 15) is 35.8 Å². The smallest absolute Gasteiger partial charge is 0.422 e. The van der Waals surface area contributed by atoms with Crippen LogP contribution in [0, 0.1) is 29.1 Å². The van der Waals surface area contributed by atoms with Crippen LogP contribution in [0.1, 0.15) is 48.4 Å². The van der Waals surface area contributed by atoms with Crippen LogP contribution in [0.2, 0.25) is 0 Å². The first-order chi connectivity index (χ1) is 16.4. The van der Waals surface area contributed by atoms with E-state index in [-0.39, 0.29) is 11.1 Å². The zero-order valence-electron chi connectivity index (χ0n) is 18.7. The third kappa shape index (κ3) is 5.94. The molecule has 1 nitrogen and oxygen atoms in total. The molecule has 3 aromatic rings. The van der Waals surface area contributed by atoms with Gasteiger partial charge >= 0.3 is 6.18 Å². The Morgan fingerprint density at radius 3 is 1.91 bits per heavy atom. The number of rotatable bonds is 8. The molecule has 3 aromatic carbocycles. The molecule has 0 fully saturated rings. The van der Waals surface area contributed by atoms with E-state index in [1.54, 1.807) is 6.07 Å². The predicted molar refractivity (Wildman–Crippen MR) is 115 cm³/mol. The van der Waals surface area contributed by atoms with Crippen molar-refractivity contribution in [3.05, 3.63) is 87.7 Å². The molecule has 35 heavy (non-hydrogen) atoms. The van der Waals surface area contributed by atoms with E-state index in [1.165, 1.54) is 12.1 Å². The van der Waals surface area contributed by atoms with Gasteiger partial charge in [-0.1, -0.05) is 31.9 Å². The van der Waals surface area contributed by atoms with Crippen LogP contribution in [0.25, 0.3) is 11.1 Å². The predicted octanol–water partition coefficient (Wildman–Crippen LogP) is 8.29. The van der Waals surface area contributed by atoms with E-state index in [0.29, 0.717) is 30.2 Å². The number of unbranched alkanes of at least 4 members (excludes halogenated alkanes) is 2. The molecule has 0 saturated carbocycles. The van der Waals surface area contributed by atoms with Gasteiger partial charge in [-0.05, 0) is 55.0 Å². The molecular formula is C26H22F8O. The van der Waals surface area contributed by atoms with Crippen LogP contribution in [-0.2, 0) is 25.4 Å². The van der Waals surface area contributed by atoms with Gasteiger partial charge in [-0.15, -0.1) is 0 Å². The van der Waals surface area contributed by atoms with Crippen molar-refractivity contribution in [2.45, 2.75) is 51.6 Å². The highest BCUT2D eigenvalue weighted by atomic mass is 19.4. The van der Waals surface area contributed by atoms with Crippen LogP contribution in [-0.4, -0.2) is 5.11 Å². The van der Waals surface area contributed by atoms with E-state index >= 15 is 4.39 Å². The summed E-state index contributed by atoms with van der Waals surface area (Å²) in [5.41, 5.74) is -3.13. The first-order valence-corrected chi connectivity index (χ1v) is 11.0. The first kappa shape index (κ1) is 26.5. The fourth-order valence-electron chi connectivity index (χ4n) is 3.94. The Labute approximate surface area is 197 Å². The number of phenolic OH excluding ortho intramolecular Hbond substituents is 1. The number of alkyl halides is 3. The summed E-state index contributed by atoms with van der Waals surface area (Å²) >= 11 is 0. The van der Waals surface area contributed by atoms with Gasteiger partial charge in [0.1, 0.15) is 40.4 Å². The number of phenols is 1. The molecule has 9 heteroatoms. The van der Waals surface area contributed by atoms with E-state index < -0.39 is 70.5 Å². The highest BCUT2D eigenvalue weighted by Crippen LogP contribution is 2.38. The normalized spacial score (nSPS) is 11.8. The summed E-state index contributed by atoms with van der Waals surface area (Å²) in [4.78, 5) is 0. The average molecular weight is 502 g/mol. The lowest BCUT2D eigenvalue weighted by atomic mass is 9.95. The Morgan fingerprint density at radius 2 is 1.34 bits per heavy atom. The molecule has 0 unspecified atom stereocenters. The fraction of sp³-hybridized carbons (Fsp3) is 0.308. The van der Waals surface area contributed by atoms with Crippen molar-refractivity contribution < 1.29 is 40.2 Å². The molecule has 0 spiro atoms. The third-order valence-electron chi connectivity index (χ3n) is 5.71. The molecule has 3 rings (SSSR count). The zero-order valence-corrected chi connectivity index (χ0v) is 18.7. The maximum Gasteiger partial charge on any atom is 0.422 e. The maximum absolute atomic E-state index is 15.2. The lowest BCUT2D eigenvalue weighted by Gasteiger charge is -2.14. The summed E-state index contributed by atoms with van der Waals surface area (Å²) in [6.45, 7) is 2.02. The summed E-state index contributed by atoms with van der Waals surface area (Å²) in [6, 6.07) is 5.54. The van der Waals surface area contributed by atoms with Crippen molar-refractivity contribution in [2.75, 3.05) is 0 Å². The second kappa shape index (κ2) is 10.7. The van der Waals surface area contributed by atoms with Gasteiger partial charge in [0.05, 0.1) is 5.56 Å². The van der Waals surface area contributed by atoms with Crippen LogP contribution in [0.4, 0.5) is 35.1 Å². The Morgan fingerprint density at radius 1 is 0.714 bits per heavy atom. The molecule has 0 bridgehead atoms. The Kier molecular flexibility index (Phi) is 8.07. The van der Waals surface area contributed by atoms with Gasteiger partial charge in [0.25, 0.3) is 0 Å². The molecule has 0 radical (unpaired) electrons. The first-order valence-electron chi connectivity index (χ1n) is 11.0. The number of aryl methyl sites for hydroxylation is 2. The van der Waals surface area contributed by atoms with Gasteiger partial charge in [-0.25, -0.2) is 22.0 Å². The molecule has 0 heterocycles. The van der Waals surface area contributed by atoms with Gasteiger partial charge in [0.15, 0.2) is 0 Å². The van der Waals surface area contributed by atoms with Crippen LogP contribution in [0.3, 0.4) is 0 Å². The quantitative estimate of drug-likeness (QED) is 0.243. The van der Waals surface area contributed by atoms with Gasteiger partial charge in [-0.2, -0.15) is 13.2 Å². The highest BCUT2D eigenvalue weighted by Gasteiger charge is 2.37. The standard InChI is InChI=1S/C26H22F8O/c1-2-3-4-5-14-6-8-16(18(27)10-14)23-22(35)13-19(28)17(25(23)31)9-7-15-11-20(29)24(21(30)12-15)26(32,33)34/h6,8,10-13,35H,2-5,7,9H2,1H3. The lowest BCUT2D eigenvalue weighted by Crippen LogP contribution is -2.12. The fourth-order valence-corrected chi connectivity index (χ4v) is 3.94. The average Bonchev–Trinajstić information content (AvgIpc) is 2.73. The molecule has 1 N–H and O–H groups in total. The molecule has 0 aliphatic rings. The molecule has 188 valence electrons. The monoisotopic (exact) mass is 502 g/mol. The van der Waals surface area contributed by atoms with E-state index in [4.69, 9.17) is 0 Å². The molecule has 0 saturated heterocycles. The Bertz CT molecular complexity index is 1190. The van der Waals surface area contributed by atoms with Crippen molar-refractivity contribution in [3.63, 3.8) is 0 Å². The number of aromatic hydroxyl groups is 1. The van der Waals surface area contributed by atoms with Gasteiger partial charge in [0.2, 0.25) is 0 Å². The second-order valence-corrected chi connectivity index (χ2v) is 8.25. The molecule has 0 aliphatic heterocycles. The minimum atomic E-state index is -5.24. The van der Waals surface area contributed by atoms with Crippen LogP contribution < -0.4 is 0 Å².